The van der Waals surface area contributed by atoms with E-state index in [1.54, 1.807) is 0 Å². The Morgan fingerprint density at radius 2 is 2.33 bits per heavy atom. The maximum absolute atomic E-state index is 8.90. The van der Waals surface area contributed by atoms with Crippen LogP contribution >= 0.6 is 0 Å². The second-order valence-electron chi connectivity index (χ2n) is 4.27. The molecule has 84 valence electrons. The minimum absolute atomic E-state index is 0.0418. The van der Waals surface area contributed by atoms with Gasteiger partial charge in [0.2, 0.25) is 0 Å². The molecular formula is C11H18N2O2. The fourth-order valence-corrected chi connectivity index (χ4v) is 1.72. The second-order valence-corrected chi connectivity index (χ2v) is 4.27. The van der Waals surface area contributed by atoms with Crippen LogP contribution < -0.4 is 5.32 Å². The minimum Gasteiger partial charge on any atom is -0.379 e. The smallest absolute Gasteiger partial charge is 0.0977 e. The van der Waals surface area contributed by atoms with Crippen LogP contribution in [0, 0.1) is 11.3 Å². The van der Waals surface area contributed by atoms with Crippen LogP contribution in [0.1, 0.15) is 25.7 Å². The molecule has 1 N–H and O–H groups in total. The molecule has 1 saturated carbocycles. The Morgan fingerprint density at radius 3 is 2.93 bits per heavy atom. The van der Waals surface area contributed by atoms with Gasteiger partial charge in [0.25, 0.3) is 0 Å². The monoisotopic (exact) mass is 210 g/mol. The topological polar surface area (TPSA) is 54.3 Å². The van der Waals surface area contributed by atoms with Crippen LogP contribution in [0.15, 0.2) is 0 Å². The number of hydrogen-bond donors (Lipinski definition) is 1. The molecule has 2 aliphatic rings. The average molecular weight is 210 g/mol. The van der Waals surface area contributed by atoms with E-state index in [1.807, 2.05) is 0 Å². The van der Waals surface area contributed by atoms with Gasteiger partial charge in [0, 0.05) is 19.3 Å². The summed E-state index contributed by atoms with van der Waals surface area (Å²) in [6.45, 7) is 2.19. The highest BCUT2D eigenvalue weighted by molar-refractivity contribution is 4.95. The molecule has 15 heavy (non-hydrogen) atoms. The van der Waals surface area contributed by atoms with Crippen molar-refractivity contribution in [2.45, 2.75) is 43.9 Å². The van der Waals surface area contributed by atoms with Crippen LogP contribution in [-0.2, 0) is 9.47 Å². The molecule has 2 rings (SSSR count). The third kappa shape index (κ3) is 3.78. The zero-order chi connectivity index (χ0) is 10.5. The van der Waals surface area contributed by atoms with E-state index in [0.29, 0.717) is 19.3 Å². The standard InChI is InChI=1S/C11H18N2O2/c12-7-10(13-9-1-2-9)3-6-15-11-4-5-14-8-11/h9-11,13H,1-6,8H2. The molecule has 0 amide bonds. The highest BCUT2D eigenvalue weighted by atomic mass is 16.5. The van der Waals surface area contributed by atoms with Crippen molar-refractivity contribution >= 4 is 0 Å². The maximum atomic E-state index is 8.90. The van der Waals surface area contributed by atoms with Gasteiger partial charge in [-0.2, -0.15) is 5.26 Å². The first-order valence-electron chi connectivity index (χ1n) is 5.73. The molecule has 1 aliphatic carbocycles. The zero-order valence-electron chi connectivity index (χ0n) is 8.95. The molecule has 4 nitrogen and oxygen atoms in total. The average Bonchev–Trinajstić information content (AvgIpc) is 2.91. The Bertz CT molecular complexity index is 229. The summed E-state index contributed by atoms with van der Waals surface area (Å²) in [6, 6.07) is 2.82. The van der Waals surface area contributed by atoms with Crippen molar-refractivity contribution in [1.29, 1.82) is 5.26 Å². The van der Waals surface area contributed by atoms with Crippen molar-refractivity contribution in [3.8, 4) is 6.07 Å². The highest BCUT2D eigenvalue weighted by Gasteiger charge is 2.24. The van der Waals surface area contributed by atoms with Crippen LogP contribution in [-0.4, -0.2) is 38.0 Å². The van der Waals surface area contributed by atoms with E-state index in [0.717, 1.165) is 19.4 Å². The lowest BCUT2D eigenvalue weighted by atomic mass is 10.2. The Kier molecular flexibility index (Phi) is 3.95. The molecule has 2 unspecified atom stereocenters. The molecule has 0 aromatic carbocycles. The lowest BCUT2D eigenvalue weighted by molar-refractivity contribution is 0.0395. The van der Waals surface area contributed by atoms with E-state index in [-0.39, 0.29) is 12.1 Å². The van der Waals surface area contributed by atoms with Crippen LogP contribution in [0.2, 0.25) is 0 Å². The van der Waals surface area contributed by atoms with E-state index in [9.17, 15) is 0 Å². The highest BCUT2D eigenvalue weighted by Crippen LogP contribution is 2.19. The van der Waals surface area contributed by atoms with Gasteiger partial charge in [-0.15, -0.1) is 0 Å². The van der Waals surface area contributed by atoms with E-state index in [1.165, 1.54) is 12.8 Å². The Balaban J connectivity index is 1.56. The van der Waals surface area contributed by atoms with Gasteiger partial charge in [-0.25, -0.2) is 0 Å². The van der Waals surface area contributed by atoms with Crippen LogP contribution in [0.25, 0.3) is 0 Å². The molecule has 4 heteroatoms. The lowest BCUT2D eigenvalue weighted by Gasteiger charge is -2.13. The van der Waals surface area contributed by atoms with Gasteiger partial charge in [-0.05, 0) is 25.7 Å². The summed E-state index contributed by atoms with van der Waals surface area (Å²) in [5, 5.41) is 12.2. The van der Waals surface area contributed by atoms with Crippen molar-refractivity contribution < 1.29 is 9.47 Å². The van der Waals surface area contributed by atoms with Crippen molar-refractivity contribution in [2.75, 3.05) is 19.8 Å². The summed E-state index contributed by atoms with van der Waals surface area (Å²) in [4.78, 5) is 0. The number of nitrogens with zero attached hydrogens (tertiary/aromatic N) is 1. The van der Waals surface area contributed by atoms with Gasteiger partial charge in [-0.1, -0.05) is 0 Å². The molecule has 2 fully saturated rings. The molecule has 0 spiro atoms. The third-order valence-corrected chi connectivity index (χ3v) is 2.82. The van der Waals surface area contributed by atoms with E-state index in [4.69, 9.17) is 14.7 Å². The zero-order valence-corrected chi connectivity index (χ0v) is 8.95. The quantitative estimate of drug-likeness (QED) is 0.705. The van der Waals surface area contributed by atoms with Crippen molar-refractivity contribution in [1.82, 2.24) is 5.32 Å². The van der Waals surface area contributed by atoms with E-state index >= 15 is 0 Å². The molecular weight excluding hydrogens is 192 g/mol. The number of ether oxygens (including phenoxy) is 2. The lowest BCUT2D eigenvalue weighted by Crippen LogP contribution is -2.31. The molecule has 1 heterocycles. The van der Waals surface area contributed by atoms with Crippen molar-refractivity contribution in [3.63, 3.8) is 0 Å². The summed E-state index contributed by atoms with van der Waals surface area (Å²) >= 11 is 0. The van der Waals surface area contributed by atoms with Crippen LogP contribution in [0.5, 0.6) is 0 Å². The summed E-state index contributed by atoms with van der Waals surface area (Å²) in [7, 11) is 0. The molecule has 0 aromatic heterocycles. The Morgan fingerprint density at radius 1 is 1.47 bits per heavy atom. The Labute approximate surface area is 90.5 Å². The van der Waals surface area contributed by atoms with Gasteiger partial charge >= 0.3 is 0 Å². The number of rotatable bonds is 6. The van der Waals surface area contributed by atoms with Crippen LogP contribution in [0.4, 0.5) is 0 Å². The fourth-order valence-electron chi connectivity index (χ4n) is 1.72. The second kappa shape index (κ2) is 5.45. The van der Waals surface area contributed by atoms with Crippen molar-refractivity contribution in [2.24, 2.45) is 0 Å². The molecule has 0 bridgehead atoms. The van der Waals surface area contributed by atoms with Gasteiger partial charge in [0.05, 0.1) is 24.8 Å². The summed E-state index contributed by atoms with van der Waals surface area (Å²) in [5.74, 6) is 0. The number of nitrogens with one attached hydrogen (secondary N) is 1. The summed E-state index contributed by atoms with van der Waals surface area (Å²) in [5.41, 5.74) is 0. The first-order valence-corrected chi connectivity index (χ1v) is 5.73. The molecule has 0 aromatic rings. The van der Waals surface area contributed by atoms with Gasteiger partial charge in [-0.3, -0.25) is 5.32 Å². The molecule has 0 radical (unpaired) electrons. The molecule has 2 atom stereocenters. The molecule has 1 saturated heterocycles. The first kappa shape index (κ1) is 10.9. The first-order chi connectivity index (χ1) is 7.38. The fraction of sp³-hybridized carbons (Fsp3) is 0.909. The minimum atomic E-state index is -0.0418. The van der Waals surface area contributed by atoms with Gasteiger partial charge < -0.3 is 9.47 Å². The van der Waals surface area contributed by atoms with Gasteiger partial charge in [0.1, 0.15) is 0 Å². The third-order valence-electron chi connectivity index (χ3n) is 2.82. The van der Waals surface area contributed by atoms with Gasteiger partial charge in [0.15, 0.2) is 0 Å². The van der Waals surface area contributed by atoms with E-state index in [2.05, 4.69) is 11.4 Å². The van der Waals surface area contributed by atoms with Crippen LogP contribution in [0.3, 0.4) is 0 Å². The largest absolute Gasteiger partial charge is 0.379 e. The predicted molar refractivity (Wildman–Crippen MR) is 55.4 cm³/mol. The summed E-state index contributed by atoms with van der Waals surface area (Å²) < 4.78 is 10.8. The van der Waals surface area contributed by atoms with Crippen molar-refractivity contribution in [3.05, 3.63) is 0 Å². The molecule has 1 aliphatic heterocycles. The normalized spacial score (nSPS) is 27.5. The Hall–Kier alpha value is -0.630. The SMILES string of the molecule is N#CC(CCOC1CCOC1)NC1CC1. The predicted octanol–water partition coefficient (Wildman–Crippen LogP) is 0.826. The summed E-state index contributed by atoms with van der Waals surface area (Å²) in [6.07, 6.45) is 4.46. The van der Waals surface area contributed by atoms with E-state index < -0.39 is 0 Å². The maximum Gasteiger partial charge on any atom is 0.0977 e. The number of hydrogen-bond acceptors (Lipinski definition) is 4. The number of nitriles is 1.